The maximum absolute atomic E-state index is 11.9. The summed E-state index contributed by atoms with van der Waals surface area (Å²) in [5.41, 5.74) is 0.728. The van der Waals surface area contributed by atoms with Crippen molar-refractivity contribution >= 4 is 11.6 Å². The fourth-order valence-electron chi connectivity index (χ4n) is 2.01. The van der Waals surface area contributed by atoms with Gasteiger partial charge in [0.1, 0.15) is 11.4 Å². The molecule has 0 aliphatic carbocycles. The molecule has 1 saturated heterocycles. The summed E-state index contributed by atoms with van der Waals surface area (Å²) >= 11 is 0. The van der Waals surface area contributed by atoms with Crippen LogP contribution < -0.4 is 9.75 Å². The monoisotopic (exact) mass is 236 g/mol. The molecule has 2 rings (SSSR count). The Kier molecular flexibility index (Phi) is 3.61. The van der Waals surface area contributed by atoms with Crippen molar-refractivity contribution in [1.29, 1.82) is 0 Å². The minimum Gasteiger partial charge on any atom is -0.495 e. The molecule has 92 valence electrons. The van der Waals surface area contributed by atoms with Crippen molar-refractivity contribution in [2.45, 2.75) is 6.42 Å². The van der Waals surface area contributed by atoms with Crippen LogP contribution in [0.25, 0.3) is 0 Å². The van der Waals surface area contributed by atoms with E-state index in [1.807, 2.05) is 29.3 Å². The number of aliphatic hydroxyl groups excluding tert-OH is 1. The van der Waals surface area contributed by atoms with Gasteiger partial charge in [0.15, 0.2) is 0 Å². The van der Waals surface area contributed by atoms with Crippen LogP contribution in [0.15, 0.2) is 24.3 Å². The topological polar surface area (TPSA) is 53.0 Å². The molecule has 0 saturated carbocycles. The van der Waals surface area contributed by atoms with Gasteiger partial charge in [-0.2, -0.15) is 0 Å². The normalized spacial score (nSPS) is 16.6. The van der Waals surface area contributed by atoms with E-state index in [0.717, 1.165) is 5.69 Å². The fourth-order valence-corrected chi connectivity index (χ4v) is 2.01. The Bertz CT molecular complexity index is 408. The molecule has 0 radical (unpaired) electrons. The van der Waals surface area contributed by atoms with E-state index in [2.05, 4.69) is 0 Å². The number of nitrogens with zero attached hydrogens (tertiary/aromatic N) is 2. The highest BCUT2D eigenvalue weighted by Crippen LogP contribution is 2.31. The largest absolute Gasteiger partial charge is 0.495 e. The quantitative estimate of drug-likeness (QED) is 0.833. The van der Waals surface area contributed by atoms with E-state index in [1.165, 1.54) is 0 Å². The lowest BCUT2D eigenvalue weighted by atomic mass is 10.3. The minimum absolute atomic E-state index is 0.0267. The number of rotatable bonds is 4. The molecular formula is C12H16N2O3. The van der Waals surface area contributed by atoms with Crippen molar-refractivity contribution < 1.29 is 14.6 Å². The standard InChI is InChI=1S/C12H16N2O3/c1-17-11-5-3-2-4-10(11)14-12(16)6-7-13(14)8-9-15/h2-5,15H,6-9H2,1H3. The number of hydrogen-bond acceptors (Lipinski definition) is 4. The molecule has 1 amide bonds. The smallest absolute Gasteiger partial charge is 0.243 e. The van der Waals surface area contributed by atoms with E-state index in [4.69, 9.17) is 9.84 Å². The number of carbonyl (C=O) groups excluding carboxylic acids is 1. The zero-order chi connectivity index (χ0) is 12.3. The van der Waals surface area contributed by atoms with Gasteiger partial charge in [0.25, 0.3) is 0 Å². The highest BCUT2D eigenvalue weighted by atomic mass is 16.5. The van der Waals surface area contributed by atoms with Gasteiger partial charge < -0.3 is 9.84 Å². The average Bonchev–Trinajstić information content (AvgIpc) is 2.71. The molecule has 1 aliphatic rings. The van der Waals surface area contributed by atoms with Crippen LogP contribution in [0.5, 0.6) is 5.75 Å². The second-order valence-electron chi connectivity index (χ2n) is 3.80. The third-order valence-electron chi connectivity index (χ3n) is 2.77. The molecule has 1 aromatic carbocycles. The van der Waals surface area contributed by atoms with Crippen molar-refractivity contribution in [1.82, 2.24) is 5.01 Å². The molecule has 1 aromatic rings. The van der Waals surface area contributed by atoms with Crippen molar-refractivity contribution in [2.24, 2.45) is 0 Å². The van der Waals surface area contributed by atoms with Crippen molar-refractivity contribution in [3.8, 4) is 5.75 Å². The summed E-state index contributed by atoms with van der Waals surface area (Å²) < 4.78 is 5.25. The zero-order valence-corrected chi connectivity index (χ0v) is 9.80. The molecule has 17 heavy (non-hydrogen) atoms. The van der Waals surface area contributed by atoms with E-state index in [0.29, 0.717) is 25.3 Å². The summed E-state index contributed by atoms with van der Waals surface area (Å²) in [6.07, 6.45) is 0.470. The van der Waals surface area contributed by atoms with Crippen LogP contribution in [0.2, 0.25) is 0 Å². The van der Waals surface area contributed by atoms with E-state index in [9.17, 15) is 4.79 Å². The van der Waals surface area contributed by atoms with Crippen molar-refractivity contribution in [2.75, 3.05) is 31.8 Å². The molecule has 0 atom stereocenters. The Morgan fingerprint density at radius 1 is 1.41 bits per heavy atom. The Morgan fingerprint density at radius 2 is 2.18 bits per heavy atom. The van der Waals surface area contributed by atoms with Gasteiger partial charge >= 0.3 is 0 Å². The van der Waals surface area contributed by atoms with Crippen LogP contribution in [0.4, 0.5) is 5.69 Å². The molecule has 0 spiro atoms. The summed E-state index contributed by atoms with van der Waals surface area (Å²) in [6, 6.07) is 7.38. The highest BCUT2D eigenvalue weighted by Gasteiger charge is 2.31. The molecule has 1 heterocycles. The number of β-amino-alcohol motifs (C(OH)–C–C–N with tert-alkyl or cyclic N) is 1. The Hall–Kier alpha value is -1.59. The SMILES string of the molecule is COc1ccccc1N1C(=O)CCN1CCO. The minimum atomic E-state index is 0.0267. The van der Waals surface area contributed by atoms with Gasteiger partial charge in [-0.15, -0.1) is 0 Å². The maximum Gasteiger partial charge on any atom is 0.243 e. The average molecular weight is 236 g/mol. The molecule has 5 heteroatoms. The first-order valence-corrected chi connectivity index (χ1v) is 5.59. The van der Waals surface area contributed by atoms with Gasteiger partial charge in [-0.25, -0.2) is 10.0 Å². The number of para-hydroxylation sites is 2. The van der Waals surface area contributed by atoms with Gasteiger partial charge in [-0.05, 0) is 12.1 Å². The molecule has 5 nitrogen and oxygen atoms in total. The molecule has 0 aromatic heterocycles. The molecule has 0 bridgehead atoms. The molecule has 1 aliphatic heterocycles. The second-order valence-corrected chi connectivity index (χ2v) is 3.80. The van der Waals surface area contributed by atoms with Crippen molar-refractivity contribution in [3.05, 3.63) is 24.3 Å². The van der Waals surface area contributed by atoms with Crippen LogP contribution in [0.3, 0.4) is 0 Å². The van der Waals surface area contributed by atoms with E-state index in [-0.39, 0.29) is 12.5 Å². The van der Waals surface area contributed by atoms with Crippen LogP contribution in [0.1, 0.15) is 6.42 Å². The summed E-state index contributed by atoms with van der Waals surface area (Å²) in [5, 5.41) is 12.4. The second kappa shape index (κ2) is 5.16. The number of hydrazine groups is 1. The van der Waals surface area contributed by atoms with Crippen LogP contribution >= 0.6 is 0 Å². The number of carbonyl (C=O) groups is 1. The number of methoxy groups -OCH3 is 1. The summed E-state index contributed by atoms with van der Waals surface area (Å²) in [5.74, 6) is 0.689. The third-order valence-corrected chi connectivity index (χ3v) is 2.77. The fraction of sp³-hybridized carbons (Fsp3) is 0.417. The summed E-state index contributed by atoms with van der Waals surface area (Å²) in [7, 11) is 1.58. The molecule has 1 N–H and O–H groups in total. The van der Waals surface area contributed by atoms with Gasteiger partial charge in [0.2, 0.25) is 5.91 Å². The lowest BCUT2D eigenvalue weighted by molar-refractivity contribution is -0.118. The molecule has 0 unspecified atom stereocenters. The summed E-state index contributed by atoms with van der Waals surface area (Å²) in [4.78, 5) is 11.9. The highest BCUT2D eigenvalue weighted by molar-refractivity contribution is 5.95. The first-order chi connectivity index (χ1) is 8.27. The van der Waals surface area contributed by atoms with Crippen LogP contribution in [-0.4, -0.2) is 42.8 Å². The number of amides is 1. The number of hydrogen-bond donors (Lipinski definition) is 1. The predicted molar refractivity (Wildman–Crippen MR) is 63.8 cm³/mol. The third kappa shape index (κ3) is 2.25. The van der Waals surface area contributed by atoms with Gasteiger partial charge in [0, 0.05) is 19.5 Å². The lowest BCUT2D eigenvalue weighted by Gasteiger charge is -2.28. The Labute approximate surface area is 100 Å². The molecular weight excluding hydrogens is 220 g/mol. The number of anilines is 1. The van der Waals surface area contributed by atoms with Gasteiger partial charge in [0.05, 0.1) is 13.7 Å². The number of benzene rings is 1. The Balaban J connectivity index is 2.32. The first kappa shape index (κ1) is 11.9. The first-order valence-electron chi connectivity index (χ1n) is 5.59. The van der Waals surface area contributed by atoms with Crippen molar-refractivity contribution in [3.63, 3.8) is 0 Å². The van der Waals surface area contributed by atoms with E-state index in [1.54, 1.807) is 12.1 Å². The van der Waals surface area contributed by atoms with Gasteiger partial charge in [-0.3, -0.25) is 4.79 Å². The van der Waals surface area contributed by atoms with E-state index >= 15 is 0 Å². The number of aliphatic hydroxyl groups is 1. The lowest BCUT2D eigenvalue weighted by Crippen LogP contribution is -2.40. The van der Waals surface area contributed by atoms with Crippen LogP contribution in [-0.2, 0) is 4.79 Å². The Morgan fingerprint density at radius 3 is 2.88 bits per heavy atom. The van der Waals surface area contributed by atoms with Gasteiger partial charge in [-0.1, -0.05) is 12.1 Å². The predicted octanol–water partition coefficient (Wildman–Crippen LogP) is 0.641. The number of ether oxygens (including phenoxy) is 1. The maximum atomic E-state index is 11.9. The molecule has 1 fully saturated rings. The van der Waals surface area contributed by atoms with Crippen LogP contribution in [0, 0.1) is 0 Å². The summed E-state index contributed by atoms with van der Waals surface area (Å²) in [6.45, 7) is 1.11. The zero-order valence-electron chi connectivity index (χ0n) is 9.80. The van der Waals surface area contributed by atoms with E-state index < -0.39 is 0 Å².